The van der Waals surface area contributed by atoms with E-state index >= 15 is 0 Å². The maximum absolute atomic E-state index is 13.1. The molecule has 2 heterocycles. The smallest absolute Gasteiger partial charge is 0.147 e. The fourth-order valence-electron chi connectivity index (χ4n) is 3.90. The lowest BCUT2D eigenvalue weighted by molar-refractivity contribution is 0.332. The standard InChI is InChI=1S/C23H25FN2O2/c1-4-27-23-20-10-5-15(2)13-21(20)25-16(3)22(23)17-6-8-18(9-7-17)28-19-11-12-26(24)14-19/h6-9,11-12,14-15H,4-5,10,13H2,1-3H3. The van der Waals surface area contributed by atoms with Crippen molar-refractivity contribution >= 4 is 0 Å². The summed E-state index contributed by atoms with van der Waals surface area (Å²) >= 11 is 0. The predicted molar refractivity (Wildman–Crippen MR) is 108 cm³/mol. The third-order valence-electron chi connectivity index (χ3n) is 5.24. The van der Waals surface area contributed by atoms with Crippen molar-refractivity contribution in [3.63, 3.8) is 0 Å². The molecule has 1 atom stereocenters. The monoisotopic (exact) mass is 380 g/mol. The van der Waals surface area contributed by atoms with E-state index in [4.69, 9.17) is 14.5 Å². The van der Waals surface area contributed by atoms with Crippen LogP contribution in [0.15, 0.2) is 42.7 Å². The Bertz CT molecular complexity index is 979. The molecule has 4 nitrogen and oxygen atoms in total. The highest BCUT2D eigenvalue weighted by atomic mass is 19.2. The summed E-state index contributed by atoms with van der Waals surface area (Å²) in [6.45, 7) is 6.97. The van der Waals surface area contributed by atoms with Gasteiger partial charge in [-0.15, -0.1) is 0 Å². The molecular weight excluding hydrogens is 355 g/mol. The molecule has 0 saturated heterocycles. The van der Waals surface area contributed by atoms with E-state index in [1.54, 1.807) is 6.07 Å². The van der Waals surface area contributed by atoms with Crippen LogP contribution in [-0.2, 0) is 12.8 Å². The minimum absolute atomic E-state index is 0.464. The summed E-state index contributed by atoms with van der Waals surface area (Å²) in [6.07, 6.45) is 5.78. The largest absolute Gasteiger partial charge is 0.493 e. The van der Waals surface area contributed by atoms with Crippen LogP contribution in [0.2, 0.25) is 0 Å². The molecule has 5 heteroatoms. The first kappa shape index (κ1) is 18.5. The molecule has 0 radical (unpaired) electrons. The molecule has 1 unspecified atom stereocenters. The van der Waals surface area contributed by atoms with Crippen molar-refractivity contribution in [2.24, 2.45) is 5.92 Å². The van der Waals surface area contributed by atoms with Crippen LogP contribution in [0.5, 0.6) is 17.2 Å². The Labute approximate surface area is 164 Å². The highest BCUT2D eigenvalue weighted by Crippen LogP contribution is 2.41. The number of hydrogen-bond acceptors (Lipinski definition) is 3. The van der Waals surface area contributed by atoms with Gasteiger partial charge in [-0.25, -0.2) is 0 Å². The lowest BCUT2D eigenvalue weighted by Crippen LogP contribution is -2.16. The van der Waals surface area contributed by atoms with Crippen molar-refractivity contribution < 1.29 is 14.0 Å². The molecule has 0 N–H and O–H groups in total. The first-order chi connectivity index (χ1) is 13.5. The summed E-state index contributed by atoms with van der Waals surface area (Å²) in [5.41, 5.74) is 5.52. The summed E-state index contributed by atoms with van der Waals surface area (Å²) < 4.78 is 24.9. The van der Waals surface area contributed by atoms with E-state index in [1.807, 2.05) is 38.1 Å². The van der Waals surface area contributed by atoms with Gasteiger partial charge >= 0.3 is 0 Å². The van der Waals surface area contributed by atoms with Gasteiger partial charge in [0.2, 0.25) is 0 Å². The molecule has 1 aromatic carbocycles. The number of hydrogen-bond donors (Lipinski definition) is 0. The zero-order valence-electron chi connectivity index (χ0n) is 16.5. The van der Waals surface area contributed by atoms with Gasteiger partial charge in [-0.1, -0.05) is 23.5 Å². The quantitative estimate of drug-likeness (QED) is 0.552. The van der Waals surface area contributed by atoms with Crippen molar-refractivity contribution in [3.8, 4) is 28.4 Å². The molecule has 4 rings (SSSR count). The second-order valence-corrected chi connectivity index (χ2v) is 7.43. The molecule has 1 aliphatic rings. The summed E-state index contributed by atoms with van der Waals surface area (Å²) in [7, 11) is 0. The Morgan fingerprint density at radius 1 is 1.18 bits per heavy atom. The van der Waals surface area contributed by atoms with Gasteiger partial charge in [0.15, 0.2) is 0 Å². The Kier molecular flexibility index (Phi) is 5.07. The van der Waals surface area contributed by atoms with Crippen LogP contribution in [0.4, 0.5) is 4.48 Å². The Balaban J connectivity index is 1.70. The third-order valence-corrected chi connectivity index (χ3v) is 5.24. The number of aromatic nitrogens is 2. The van der Waals surface area contributed by atoms with Crippen LogP contribution in [-0.4, -0.2) is 16.4 Å². The van der Waals surface area contributed by atoms with Gasteiger partial charge in [0.25, 0.3) is 0 Å². The van der Waals surface area contributed by atoms with Gasteiger partial charge in [-0.3, -0.25) is 4.98 Å². The normalized spacial score (nSPS) is 15.9. The fourth-order valence-corrected chi connectivity index (χ4v) is 3.90. The van der Waals surface area contributed by atoms with Crippen LogP contribution >= 0.6 is 0 Å². The summed E-state index contributed by atoms with van der Waals surface area (Å²) in [6, 6.07) is 9.38. The van der Waals surface area contributed by atoms with Crippen molar-refractivity contribution in [2.45, 2.75) is 40.0 Å². The zero-order chi connectivity index (χ0) is 19.7. The molecule has 2 aromatic heterocycles. The van der Waals surface area contributed by atoms with E-state index in [-0.39, 0.29) is 0 Å². The number of pyridine rings is 1. The van der Waals surface area contributed by atoms with Gasteiger partial charge in [0.1, 0.15) is 17.2 Å². The minimum atomic E-state index is 0.464. The SMILES string of the molecule is CCOc1c2c(nc(C)c1-c1ccc(Oc3ccn(F)c3)cc1)CC(C)CC2. The predicted octanol–water partition coefficient (Wildman–Crippen LogP) is 5.91. The number of aryl methyl sites for hydroxylation is 1. The average molecular weight is 380 g/mol. The Morgan fingerprint density at radius 3 is 2.64 bits per heavy atom. The van der Waals surface area contributed by atoms with Crippen LogP contribution in [0, 0.1) is 12.8 Å². The number of ether oxygens (including phenoxy) is 2. The molecule has 146 valence electrons. The number of rotatable bonds is 5. The second-order valence-electron chi connectivity index (χ2n) is 7.43. The molecule has 0 bridgehead atoms. The molecule has 0 aliphatic heterocycles. The summed E-state index contributed by atoms with van der Waals surface area (Å²) in [5, 5.41) is 0. The molecule has 1 aliphatic carbocycles. The fraction of sp³-hybridized carbons (Fsp3) is 0.348. The zero-order valence-corrected chi connectivity index (χ0v) is 16.5. The first-order valence-corrected chi connectivity index (χ1v) is 9.82. The second kappa shape index (κ2) is 7.66. The summed E-state index contributed by atoms with van der Waals surface area (Å²) in [5.74, 6) is 2.76. The number of fused-ring (bicyclic) bond motifs is 1. The summed E-state index contributed by atoms with van der Waals surface area (Å²) in [4.78, 5) is 5.39. The molecule has 28 heavy (non-hydrogen) atoms. The van der Waals surface area contributed by atoms with Crippen LogP contribution in [0.25, 0.3) is 11.1 Å². The lowest BCUT2D eigenvalue weighted by atomic mass is 9.85. The maximum atomic E-state index is 13.1. The van der Waals surface area contributed by atoms with Gasteiger partial charge in [0.05, 0.1) is 12.8 Å². The minimum Gasteiger partial charge on any atom is -0.493 e. The Morgan fingerprint density at radius 2 is 1.96 bits per heavy atom. The highest BCUT2D eigenvalue weighted by Gasteiger charge is 2.25. The van der Waals surface area contributed by atoms with Crippen LogP contribution in [0.3, 0.4) is 0 Å². The molecule has 3 aromatic rings. The van der Waals surface area contributed by atoms with Gasteiger partial charge in [0, 0.05) is 34.8 Å². The van der Waals surface area contributed by atoms with E-state index in [0.29, 0.717) is 28.8 Å². The molecule has 0 fully saturated rings. The van der Waals surface area contributed by atoms with Gasteiger partial charge in [-0.05, 0) is 56.7 Å². The lowest BCUT2D eigenvalue weighted by Gasteiger charge is -2.26. The van der Waals surface area contributed by atoms with E-state index in [2.05, 4.69) is 6.92 Å². The first-order valence-electron chi connectivity index (χ1n) is 9.82. The van der Waals surface area contributed by atoms with Gasteiger partial charge in [-0.2, -0.15) is 4.79 Å². The van der Waals surface area contributed by atoms with Crippen LogP contribution < -0.4 is 9.47 Å². The molecule has 0 spiro atoms. The van der Waals surface area contributed by atoms with Crippen molar-refractivity contribution in [3.05, 3.63) is 59.7 Å². The van der Waals surface area contributed by atoms with E-state index < -0.39 is 0 Å². The maximum Gasteiger partial charge on any atom is 0.147 e. The van der Waals surface area contributed by atoms with E-state index in [1.165, 1.54) is 23.7 Å². The number of nitrogens with zero attached hydrogens (tertiary/aromatic N) is 2. The third kappa shape index (κ3) is 3.61. The molecule has 0 saturated carbocycles. The van der Waals surface area contributed by atoms with Gasteiger partial charge < -0.3 is 9.47 Å². The average Bonchev–Trinajstić information content (AvgIpc) is 3.07. The highest BCUT2D eigenvalue weighted by molar-refractivity contribution is 5.75. The van der Waals surface area contributed by atoms with Crippen molar-refractivity contribution in [1.82, 2.24) is 9.77 Å². The number of halogens is 1. The number of benzene rings is 1. The van der Waals surface area contributed by atoms with Crippen LogP contribution in [0.1, 0.15) is 37.2 Å². The molecule has 0 amide bonds. The van der Waals surface area contributed by atoms with E-state index in [0.717, 1.165) is 41.8 Å². The van der Waals surface area contributed by atoms with E-state index in [9.17, 15) is 4.48 Å². The topological polar surface area (TPSA) is 36.3 Å². The Hall–Kier alpha value is -2.82. The molecular formula is C23H25FN2O2. The van der Waals surface area contributed by atoms with Crippen molar-refractivity contribution in [1.29, 1.82) is 0 Å². The van der Waals surface area contributed by atoms with Crippen molar-refractivity contribution in [2.75, 3.05) is 6.61 Å².